The fourth-order valence-electron chi connectivity index (χ4n) is 1.33. The number of nitrogens with one attached hydrogen (secondary N) is 1. The number of hydrogen-bond acceptors (Lipinski definition) is 3. The van der Waals surface area contributed by atoms with Crippen molar-refractivity contribution in [1.29, 1.82) is 0 Å². The van der Waals surface area contributed by atoms with Crippen molar-refractivity contribution in [1.82, 2.24) is 4.98 Å². The largest absolute Gasteiger partial charge is 0.508 e. The number of phenols is 1. The Morgan fingerprint density at radius 1 is 1.19 bits per heavy atom. The van der Waals surface area contributed by atoms with Gasteiger partial charge in [-0.15, -0.1) is 0 Å². The van der Waals surface area contributed by atoms with Crippen LogP contribution in [-0.4, -0.2) is 10.1 Å². The zero-order chi connectivity index (χ0) is 11.4. The third-order valence-electron chi connectivity index (χ3n) is 2.16. The molecule has 0 radical (unpaired) electrons. The Bertz CT molecular complexity index is 471. The molecule has 2 N–H and O–H groups in total. The van der Waals surface area contributed by atoms with Gasteiger partial charge in [0.05, 0.1) is 0 Å². The van der Waals surface area contributed by atoms with E-state index in [1.807, 2.05) is 0 Å². The third-order valence-corrected chi connectivity index (χ3v) is 2.16. The Labute approximate surface area is 92.6 Å². The summed E-state index contributed by atoms with van der Waals surface area (Å²) in [4.78, 5) is 3.47. The Morgan fingerprint density at radius 2 is 1.94 bits per heavy atom. The number of phenolic OH excluding ortho intramolecular Hbond substituents is 1. The summed E-state index contributed by atoms with van der Waals surface area (Å²) in [6.45, 7) is 0.573. The highest BCUT2D eigenvalue weighted by Gasteiger charge is 1.96. The van der Waals surface area contributed by atoms with E-state index in [9.17, 15) is 4.39 Å². The van der Waals surface area contributed by atoms with E-state index in [0.29, 0.717) is 12.2 Å². The fraction of sp³-hybridized carbons (Fsp3) is 0.0833. The average molecular weight is 218 g/mol. The summed E-state index contributed by atoms with van der Waals surface area (Å²) in [7, 11) is 0. The molecule has 82 valence electrons. The van der Waals surface area contributed by atoms with Crippen LogP contribution in [0.4, 0.5) is 10.1 Å². The van der Waals surface area contributed by atoms with Gasteiger partial charge >= 0.3 is 0 Å². The van der Waals surface area contributed by atoms with Crippen LogP contribution in [0.3, 0.4) is 0 Å². The Morgan fingerprint density at radius 3 is 2.62 bits per heavy atom. The van der Waals surface area contributed by atoms with Crippen LogP contribution in [0.5, 0.6) is 5.75 Å². The van der Waals surface area contributed by atoms with Crippen LogP contribution in [-0.2, 0) is 6.54 Å². The number of pyridine rings is 1. The second-order valence-corrected chi connectivity index (χ2v) is 3.39. The van der Waals surface area contributed by atoms with Gasteiger partial charge in [0.2, 0.25) is 5.95 Å². The Hall–Kier alpha value is -2.10. The van der Waals surface area contributed by atoms with Crippen LogP contribution >= 0.6 is 0 Å². The van der Waals surface area contributed by atoms with Crippen LogP contribution in [0.15, 0.2) is 42.6 Å². The molecule has 2 aromatic rings. The highest BCUT2D eigenvalue weighted by molar-refractivity contribution is 5.42. The average Bonchev–Trinajstić information content (AvgIpc) is 2.28. The molecule has 0 aliphatic heterocycles. The predicted octanol–water partition coefficient (Wildman–Crippen LogP) is 2.54. The first-order chi connectivity index (χ1) is 7.74. The van der Waals surface area contributed by atoms with E-state index in [0.717, 1.165) is 5.56 Å². The number of aromatic hydroxyl groups is 1. The van der Waals surface area contributed by atoms with Gasteiger partial charge in [0.1, 0.15) is 5.75 Å². The number of anilines is 1. The third kappa shape index (κ3) is 2.70. The highest BCUT2D eigenvalue weighted by atomic mass is 19.1. The first-order valence-corrected chi connectivity index (χ1v) is 4.87. The topological polar surface area (TPSA) is 45.1 Å². The van der Waals surface area contributed by atoms with Gasteiger partial charge in [-0.25, -0.2) is 4.98 Å². The molecule has 0 atom stereocenters. The summed E-state index contributed by atoms with van der Waals surface area (Å²) < 4.78 is 12.8. The predicted molar refractivity (Wildman–Crippen MR) is 59.6 cm³/mol. The van der Waals surface area contributed by atoms with Gasteiger partial charge in [-0.05, 0) is 23.8 Å². The lowest BCUT2D eigenvalue weighted by Gasteiger charge is -2.06. The van der Waals surface area contributed by atoms with Crippen LogP contribution in [0.2, 0.25) is 0 Å². The van der Waals surface area contributed by atoms with Gasteiger partial charge in [0.25, 0.3) is 0 Å². The van der Waals surface area contributed by atoms with Crippen molar-refractivity contribution < 1.29 is 9.50 Å². The fourth-order valence-corrected chi connectivity index (χ4v) is 1.33. The van der Waals surface area contributed by atoms with Gasteiger partial charge in [-0.2, -0.15) is 4.39 Å². The molecule has 0 spiro atoms. The molecule has 2 rings (SSSR count). The van der Waals surface area contributed by atoms with Gasteiger partial charge in [-0.3, -0.25) is 0 Å². The summed E-state index contributed by atoms with van der Waals surface area (Å²) >= 11 is 0. The van der Waals surface area contributed by atoms with Crippen molar-refractivity contribution in [3.8, 4) is 5.75 Å². The number of hydrogen-bond donors (Lipinski definition) is 2. The molecule has 16 heavy (non-hydrogen) atoms. The van der Waals surface area contributed by atoms with Crippen molar-refractivity contribution in [2.75, 3.05) is 5.32 Å². The molecule has 1 aromatic heterocycles. The van der Waals surface area contributed by atoms with Gasteiger partial charge in [0, 0.05) is 24.5 Å². The molecule has 0 saturated heterocycles. The van der Waals surface area contributed by atoms with Crippen molar-refractivity contribution in [3.05, 3.63) is 54.1 Å². The molecule has 0 amide bonds. The maximum Gasteiger partial charge on any atom is 0.214 e. The molecule has 0 aliphatic rings. The molecule has 4 heteroatoms. The quantitative estimate of drug-likeness (QED) is 0.778. The zero-order valence-corrected chi connectivity index (χ0v) is 8.52. The molecule has 0 fully saturated rings. The standard InChI is InChI=1S/C12H11FN2O/c13-12-7-10(5-6-14-12)15-8-9-1-3-11(16)4-2-9/h1-7,16H,8H2,(H,14,15). The Kier molecular flexibility index (Phi) is 3.00. The molecule has 0 bridgehead atoms. The molecule has 0 aliphatic carbocycles. The molecular weight excluding hydrogens is 207 g/mol. The molecule has 0 unspecified atom stereocenters. The van der Waals surface area contributed by atoms with Gasteiger partial charge in [-0.1, -0.05) is 12.1 Å². The minimum Gasteiger partial charge on any atom is -0.508 e. The van der Waals surface area contributed by atoms with Crippen molar-refractivity contribution >= 4 is 5.69 Å². The molecule has 1 aromatic carbocycles. The number of halogens is 1. The molecule has 1 heterocycles. The lowest BCUT2D eigenvalue weighted by molar-refractivity contribution is 0.475. The van der Waals surface area contributed by atoms with E-state index >= 15 is 0 Å². The second kappa shape index (κ2) is 4.61. The first kappa shape index (κ1) is 10.4. The summed E-state index contributed by atoms with van der Waals surface area (Å²) in [5.41, 5.74) is 1.69. The molecular formula is C12H11FN2O. The minimum atomic E-state index is -0.504. The lowest BCUT2D eigenvalue weighted by atomic mass is 10.2. The maximum atomic E-state index is 12.8. The summed E-state index contributed by atoms with van der Waals surface area (Å²) in [5.74, 6) is -0.269. The van der Waals surface area contributed by atoms with E-state index in [-0.39, 0.29) is 5.75 Å². The minimum absolute atomic E-state index is 0.235. The second-order valence-electron chi connectivity index (χ2n) is 3.39. The van der Waals surface area contributed by atoms with Gasteiger partial charge in [0.15, 0.2) is 0 Å². The van der Waals surface area contributed by atoms with Crippen molar-refractivity contribution in [2.45, 2.75) is 6.54 Å². The van der Waals surface area contributed by atoms with Crippen molar-refractivity contribution in [3.63, 3.8) is 0 Å². The van der Waals surface area contributed by atoms with E-state index in [2.05, 4.69) is 10.3 Å². The highest BCUT2D eigenvalue weighted by Crippen LogP contribution is 2.12. The SMILES string of the molecule is Oc1ccc(CNc2ccnc(F)c2)cc1. The lowest BCUT2D eigenvalue weighted by Crippen LogP contribution is -1.99. The smallest absolute Gasteiger partial charge is 0.214 e. The van der Waals surface area contributed by atoms with Crippen LogP contribution in [0, 0.1) is 5.95 Å². The van der Waals surface area contributed by atoms with Crippen molar-refractivity contribution in [2.24, 2.45) is 0 Å². The molecule has 0 saturated carbocycles. The zero-order valence-electron chi connectivity index (χ0n) is 8.52. The number of aromatic nitrogens is 1. The van der Waals surface area contributed by atoms with Crippen LogP contribution in [0.25, 0.3) is 0 Å². The van der Waals surface area contributed by atoms with E-state index in [1.165, 1.54) is 12.3 Å². The first-order valence-electron chi connectivity index (χ1n) is 4.87. The summed E-state index contributed by atoms with van der Waals surface area (Å²) in [6.07, 6.45) is 1.41. The van der Waals surface area contributed by atoms with E-state index in [1.54, 1.807) is 30.3 Å². The monoisotopic (exact) mass is 218 g/mol. The Balaban J connectivity index is 1.99. The van der Waals surface area contributed by atoms with E-state index in [4.69, 9.17) is 5.11 Å². The summed E-state index contributed by atoms with van der Waals surface area (Å²) in [5, 5.41) is 12.2. The van der Waals surface area contributed by atoms with Gasteiger partial charge < -0.3 is 10.4 Å². The number of rotatable bonds is 3. The normalized spacial score (nSPS) is 10.1. The number of benzene rings is 1. The molecule has 3 nitrogen and oxygen atoms in total. The maximum absolute atomic E-state index is 12.8. The number of nitrogens with zero attached hydrogens (tertiary/aromatic N) is 1. The van der Waals surface area contributed by atoms with E-state index < -0.39 is 5.95 Å². The summed E-state index contributed by atoms with van der Waals surface area (Å²) in [6, 6.07) is 9.87. The van der Waals surface area contributed by atoms with Crippen LogP contribution in [0.1, 0.15) is 5.56 Å². The van der Waals surface area contributed by atoms with Crippen LogP contribution < -0.4 is 5.32 Å².